The molecule has 5 heteroatoms. The molecule has 4 nitrogen and oxygen atoms in total. The highest BCUT2D eigenvalue weighted by atomic mass is 32.1. The third-order valence-corrected chi connectivity index (χ3v) is 6.18. The average molecular weight is 366 g/mol. The number of benzene rings is 1. The Bertz CT molecular complexity index is 859. The lowest BCUT2D eigenvalue weighted by atomic mass is 10.1. The van der Waals surface area contributed by atoms with Gasteiger partial charge in [-0.2, -0.15) is 0 Å². The standard InChI is InChI=1S/C21H23N3OS/c25-21(20-12-16-6-2-1-3-9-19(16)26-20)23-13-17-7-4-5-8-18(17)14-24-11-10-22-15-24/h4-5,7-8,10-12,15H,1-3,6,9,13-14H2,(H,23,25). The van der Waals surface area contributed by atoms with E-state index in [4.69, 9.17) is 0 Å². The molecule has 0 atom stereocenters. The first-order valence-corrected chi connectivity index (χ1v) is 10.0. The normalized spacial score (nSPS) is 13.8. The molecular weight excluding hydrogens is 342 g/mol. The minimum absolute atomic E-state index is 0.0421. The van der Waals surface area contributed by atoms with Crippen molar-refractivity contribution in [2.45, 2.75) is 45.2 Å². The van der Waals surface area contributed by atoms with Crippen LogP contribution in [-0.4, -0.2) is 15.5 Å². The quantitative estimate of drug-likeness (QED) is 0.689. The fourth-order valence-electron chi connectivity index (χ4n) is 3.50. The van der Waals surface area contributed by atoms with Crippen LogP contribution in [0.5, 0.6) is 0 Å². The van der Waals surface area contributed by atoms with Gasteiger partial charge in [-0.15, -0.1) is 11.3 Å². The summed E-state index contributed by atoms with van der Waals surface area (Å²) in [7, 11) is 0. The molecule has 1 amide bonds. The van der Waals surface area contributed by atoms with Gasteiger partial charge in [-0.3, -0.25) is 4.79 Å². The van der Waals surface area contributed by atoms with Crippen molar-refractivity contribution in [2.24, 2.45) is 0 Å². The molecule has 0 saturated heterocycles. The summed E-state index contributed by atoms with van der Waals surface area (Å²) in [6, 6.07) is 10.4. The van der Waals surface area contributed by atoms with Gasteiger partial charge in [-0.05, 0) is 48.4 Å². The molecule has 0 spiro atoms. The summed E-state index contributed by atoms with van der Waals surface area (Å²) in [6.45, 7) is 1.31. The van der Waals surface area contributed by atoms with Crippen molar-refractivity contribution in [3.8, 4) is 0 Å². The topological polar surface area (TPSA) is 46.9 Å². The van der Waals surface area contributed by atoms with Crippen molar-refractivity contribution in [2.75, 3.05) is 0 Å². The fraction of sp³-hybridized carbons (Fsp3) is 0.333. The van der Waals surface area contributed by atoms with Crippen LogP contribution in [-0.2, 0) is 25.9 Å². The molecule has 1 aliphatic rings. The van der Waals surface area contributed by atoms with Crippen molar-refractivity contribution in [1.82, 2.24) is 14.9 Å². The van der Waals surface area contributed by atoms with Gasteiger partial charge in [-0.1, -0.05) is 30.7 Å². The Morgan fingerprint density at radius 2 is 2.00 bits per heavy atom. The second-order valence-corrected chi connectivity index (χ2v) is 7.94. The molecule has 1 aromatic carbocycles. The molecule has 4 rings (SSSR count). The fourth-order valence-corrected chi connectivity index (χ4v) is 4.67. The number of aryl methyl sites for hydroxylation is 2. The van der Waals surface area contributed by atoms with E-state index in [-0.39, 0.29) is 5.91 Å². The number of hydrogen-bond donors (Lipinski definition) is 1. The minimum atomic E-state index is 0.0421. The van der Waals surface area contributed by atoms with E-state index in [1.54, 1.807) is 17.5 Å². The van der Waals surface area contributed by atoms with E-state index in [0.717, 1.165) is 29.8 Å². The highest BCUT2D eigenvalue weighted by Crippen LogP contribution is 2.29. The van der Waals surface area contributed by atoms with Crippen LogP contribution in [0.3, 0.4) is 0 Å². The minimum Gasteiger partial charge on any atom is -0.347 e. The molecule has 0 unspecified atom stereocenters. The summed E-state index contributed by atoms with van der Waals surface area (Å²) in [5, 5.41) is 3.11. The van der Waals surface area contributed by atoms with Gasteiger partial charge in [0.2, 0.25) is 0 Å². The largest absolute Gasteiger partial charge is 0.347 e. The van der Waals surface area contributed by atoms with Gasteiger partial charge in [0.15, 0.2) is 0 Å². The number of rotatable bonds is 5. The highest BCUT2D eigenvalue weighted by molar-refractivity contribution is 7.14. The summed E-state index contributed by atoms with van der Waals surface area (Å²) in [6.07, 6.45) is 11.6. The average Bonchev–Trinajstić information content (AvgIpc) is 3.26. The molecule has 0 radical (unpaired) electrons. The monoisotopic (exact) mass is 365 g/mol. The number of carbonyl (C=O) groups excluding carboxylic acids is 1. The predicted molar refractivity (Wildman–Crippen MR) is 105 cm³/mol. The van der Waals surface area contributed by atoms with Gasteiger partial charge in [0.05, 0.1) is 11.2 Å². The maximum atomic E-state index is 12.6. The van der Waals surface area contributed by atoms with Crippen LogP contribution in [0.1, 0.15) is 50.5 Å². The number of hydrogen-bond acceptors (Lipinski definition) is 3. The molecule has 0 aliphatic heterocycles. The highest BCUT2D eigenvalue weighted by Gasteiger charge is 2.16. The van der Waals surface area contributed by atoms with E-state index in [2.05, 4.69) is 28.5 Å². The van der Waals surface area contributed by atoms with Gasteiger partial charge in [-0.25, -0.2) is 4.98 Å². The van der Waals surface area contributed by atoms with E-state index >= 15 is 0 Å². The van der Waals surface area contributed by atoms with Crippen LogP contribution in [0.2, 0.25) is 0 Å². The number of nitrogens with zero attached hydrogens (tertiary/aromatic N) is 2. The molecule has 0 bridgehead atoms. The molecule has 2 aromatic heterocycles. The number of aromatic nitrogens is 2. The predicted octanol–water partition coefficient (Wildman–Crippen LogP) is 4.19. The number of nitrogens with one attached hydrogen (secondary N) is 1. The van der Waals surface area contributed by atoms with Crippen LogP contribution in [0.4, 0.5) is 0 Å². The first-order valence-electron chi connectivity index (χ1n) is 9.22. The molecule has 1 N–H and O–H groups in total. The molecule has 1 aliphatic carbocycles. The maximum Gasteiger partial charge on any atom is 0.261 e. The van der Waals surface area contributed by atoms with Crippen LogP contribution in [0.25, 0.3) is 0 Å². The molecule has 0 saturated carbocycles. The number of thiophene rings is 1. The van der Waals surface area contributed by atoms with E-state index < -0.39 is 0 Å². The van der Waals surface area contributed by atoms with Gasteiger partial charge in [0.25, 0.3) is 5.91 Å². The number of imidazole rings is 1. The van der Waals surface area contributed by atoms with Crippen LogP contribution >= 0.6 is 11.3 Å². The molecule has 2 heterocycles. The Morgan fingerprint density at radius 3 is 2.85 bits per heavy atom. The van der Waals surface area contributed by atoms with Gasteiger partial charge in [0.1, 0.15) is 0 Å². The summed E-state index contributed by atoms with van der Waals surface area (Å²) in [5.41, 5.74) is 3.73. The second-order valence-electron chi connectivity index (χ2n) is 6.81. The zero-order valence-electron chi connectivity index (χ0n) is 14.8. The summed E-state index contributed by atoms with van der Waals surface area (Å²) < 4.78 is 2.04. The summed E-state index contributed by atoms with van der Waals surface area (Å²) in [5.74, 6) is 0.0421. The Hall–Kier alpha value is -2.40. The molecule has 3 aromatic rings. The third-order valence-electron chi connectivity index (χ3n) is 4.94. The van der Waals surface area contributed by atoms with Crippen LogP contribution < -0.4 is 5.32 Å². The zero-order valence-corrected chi connectivity index (χ0v) is 15.6. The van der Waals surface area contributed by atoms with Crippen molar-refractivity contribution in [3.63, 3.8) is 0 Å². The van der Waals surface area contributed by atoms with Gasteiger partial charge in [0, 0.05) is 30.4 Å². The van der Waals surface area contributed by atoms with Crippen LogP contribution in [0.15, 0.2) is 49.1 Å². The number of carbonyl (C=O) groups is 1. The lowest BCUT2D eigenvalue weighted by Crippen LogP contribution is -2.22. The smallest absolute Gasteiger partial charge is 0.261 e. The second kappa shape index (κ2) is 7.87. The van der Waals surface area contributed by atoms with Crippen molar-refractivity contribution in [3.05, 3.63) is 75.5 Å². The Balaban J connectivity index is 1.43. The Labute approximate surface area is 157 Å². The van der Waals surface area contributed by atoms with Crippen molar-refractivity contribution < 1.29 is 4.79 Å². The lowest BCUT2D eigenvalue weighted by Gasteiger charge is -2.11. The van der Waals surface area contributed by atoms with E-state index in [1.165, 1.54) is 35.3 Å². The zero-order chi connectivity index (χ0) is 17.8. The molecule has 0 fully saturated rings. The summed E-state index contributed by atoms with van der Waals surface area (Å²) in [4.78, 5) is 19.0. The third kappa shape index (κ3) is 3.88. The Kier molecular flexibility index (Phi) is 5.16. The molecule has 134 valence electrons. The van der Waals surface area contributed by atoms with Crippen LogP contribution in [0, 0.1) is 0 Å². The maximum absolute atomic E-state index is 12.6. The first-order chi connectivity index (χ1) is 12.8. The lowest BCUT2D eigenvalue weighted by molar-refractivity contribution is 0.0955. The van der Waals surface area contributed by atoms with Gasteiger partial charge >= 0.3 is 0 Å². The molecular formula is C21H23N3OS. The van der Waals surface area contributed by atoms with Gasteiger partial charge < -0.3 is 9.88 Å². The van der Waals surface area contributed by atoms with Crippen molar-refractivity contribution >= 4 is 17.2 Å². The van der Waals surface area contributed by atoms with E-state index in [9.17, 15) is 4.79 Å². The Morgan fingerprint density at radius 1 is 1.15 bits per heavy atom. The molecule has 26 heavy (non-hydrogen) atoms. The number of amides is 1. The summed E-state index contributed by atoms with van der Waals surface area (Å²) >= 11 is 1.68. The van der Waals surface area contributed by atoms with Crippen molar-refractivity contribution in [1.29, 1.82) is 0 Å². The van der Waals surface area contributed by atoms with E-state index in [0.29, 0.717) is 6.54 Å². The SMILES string of the molecule is O=C(NCc1ccccc1Cn1ccnc1)c1cc2c(s1)CCCCC2. The first kappa shape index (κ1) is 17.0. The van der Waals surface area contributed by atoms with E-state index in [1.807, 2.05) is 29.2 Å². The number of fused-ring (bicyclic) bond motifs is 1.